The third-order valence-corrected chi connectivity index (χ3v) is 3.62. The molecule has 3 rings (SSSR count). The zero-order chi connectivity index (χ0) is 16.2. The lowest BCUT2D eigenvalue weighted by molar-refractivity contribution is 0.103. The number of nitrogens with zero attached hydrogens (tertiary/aromatic N) is 1. The number of ether oxygens (including phenoxy) is 2. The minimum Gasteiger partial charge on any atom is -0.493 e. The standard InChI is InChI=1S/C18H17NO4/c1-21-15-9-8-13(10-16(15)22-2)17(20)14-11-23-18(19-14)12-6-4-3-5-7-12/h4,6-11H,3,5H2,1-2H3. The number of hydrogen-bond acceptors (Lipinski definition) is 5. The Hall–Kier alpha value is -2.82. The maximum absolute atomic E-state index is 12.6. The van der Waals surface area contributed by atoms with Crippen molar-refractivity contribution in [1.82, 2.24) is 4.98 Å². The Kier molecular flexibility index (Phi) is 4.28. The lowest BCUT2D eigenvalue weighted by Gasteiger charge is -2.08. The van der Waals surface area contributed by atoms with Gasteiger partial charge in [-0.1, -0.05) is 18.2 Å². The van der Waals surface area contributed by atoms with Gasteiger partial charge in [0.2, 0.25) is 11.7 Å². The highest BCUT2D eigenvalue weighted by molar-refractivity contribution is 6.08. The summed E-state index contributed by atoms with van der Waals surface area (Å²) in [6, 6.07) is 5.01. The number of carbonyl (C=O) groups excluding carboxylic acids is 1. The van der Waals surface area contributed by atoms with Crippen molar-refractivity contribution in [2.45, 2.75) is 12.8 Å². The molecule has 1 heterocycles. The van der Waals surface area contributed by atoms with Gasteiger partial charge in [0.05, 0.1) is 14.2 Å². The normalized spacial score (nSPS) is 13.6. The SMILES string of the molecule is COc1ccc(C(=O)c2coc(C3=CCCC=C3)n2)cc1OC. The number of benzene rings is 1. The Bertz CT molecular complexity index is 786. The third-order valence-electron chi connectivity index (χ3n) is 3.62. The predicted molar refractivity (Wildman–Crippen MR) is 85.8 cm³/mol. The van der Waals surface area contributed by atoms with Gasteiger partial charge in [0.15, 0.2) is 17.2 Å². The molecule has 0 spiro atoms. The molecule has 0 N–H and O–H groups in total. The fourth-order valence-corrected chi connectivity index (χ4v) is 2.41. The Morgan fingerprint density at radius 3 is 2.70 bits per heavy atom. The van der Waals surface area contributed by atoms with Crippen molar-refractivity contribution in [3.63, 3.8) is 0 Å². The summed E-state index contributed by atoms with van der Waals surface area (Å²) < 4.78 is 15.8. The van der Waals surface area contributed by atoms with E-state index in [4.69, 9.17) is 13.9 Å². The van der Waals surface area contributed by atoms with Crippen LogP contribution in [-0.4, -0.2) is 25.0 Å². The molecule has 0 unspecified atom stereocenters. The first-order chi connectivity index (χ1) is 11.2. The van der Waals surface area contributed by atoms with E-state index in [9.17, 15) is 4.79 Å². The number of aromatic nitrogens is 1. The first-order valence-electron chi connectivity index (χ1n) is 7.32. The van der Waals surface area contributed by atoms with E-state index in [1.807, 2.05) is 6.08 Å². The average Bonchev–Trinajstić information content (AvgIpc) is 3.11. The van der Waals surface area contributed by atoms with Gasteiger partial charge in [0.1, 0.15) is 6.26 Å². The molecule has 0 bridgehead atoms. The summed E-state index contributed by atoms with van der Waals surface area (Å²) in [5.74, 6) is 1.31. The van der Waals surface area contributed by atoms with E-state index >= 15 is 0 Å². The van der Waals surface area contributed by atoms with Crippen molar-refractivity contribution in [2.75, 3.05) is 14.2 Å². The maximum Gasteiger partial charge on any atom is 0.226 e. The number of allylic oxidation sites excluding steroid dienone is 4. The molecule has 1 aromatic heterocycles. The highest BCUT2D eigenvalue weighted by Gasteiger charge is 2.18. The maximum atomic E-state index is 12.6. The van der Waals surface area contributed by atoms with Crippen LogP contribution in [0.5, 0.6) is 11.5 Å². The van der Waals surface area contributed by atoms with Crippen LogP contribution in [0.25, 0.3) is 5.57 Å². The second-order valence-electron chi connectivity index (χ2n) is 5.08. The molecule has 1 aliphatic rings. The van der Waals surface area contributed by atoms with Gasteiger partial charge in [-0.05, 0) is 31.0 Å². The monoisotopic (exact) mass is 311 g/mol. The first kappa shape index (κ1) is 15.1. The van der Waals surface area contributed by atoms with Gasteiger partial charge in [-0.3, -0.25) is 4.79 Å². The Morgan fingerprint density at radius 1 is 1.17 bits per heavy atom. The summed E-state index contributed by atoms with van der Waals surface area (Å²) in [6.45, 7) is 0. The van der Waals surface area contributed by atoms with Crippen LogP contribution in [0.1, 0.15) is 34.8 Å². The number of oxazole rings is 1. The van der Waals surface area contributed by atoms with E-state index in [-0.39, 0.29) is 11.5 Å². The molecule has 0 saturated heterocycles. The van der Waals surface area contributed by atoms with E-state index in [1.165, 1.54) is 13.4 Å². The van der Waals surface area contributed by atoms with Crippen LogP contribution in [0, 0.1) is 0 Å². The lowest BCUT2D eigenvalue weighted by atomic mass is 10.1. The number of rotatable bonds is 5. The molecule has 0 atom stereocenters. The average molecular weight is 311 g/mol. The van der Waals surface area contributed by atoms with Gasteiger partial charge >= 0.3 is 0 Å². The van der Waals surface area contributed by atoms with Crippen LogP contribution < -0.4 is 9.47 Å². The number of methoxy groups -OCH3 is 2. The second kappa shape index (κ2) is 6.52. The summed E-state index contributed by atoms with van der Waals surface area (Å²) in [4.78, 5) is 16.9. The predicted octanol–water partition coefficient (Wildman–Crippen LogP) is 3.66. The Morgan fingerprint density at radius 2 is 2.00 bits per heavy atom. The largest absolute Gasteiger partial charge is 0.493 e. The zero-order valence-corrected chi connectivity index (χ0v) is 13.0. The van der Waals surface area contributed by atoms with Crippen LogP contribution >= 0.6 is 0 Å². The fourth-order valence-electron chi connectivity index (χ4n) is 2.41. The van der Waals surface area contributed by atoms with Crippen molar-refractivity contribution < 1.29 is 18.7 Å². The Labute approximate surface area is 134 Å². The first-order valence-corrected chi connectivity index (χ1v) is 7.32. The molecule has 0 saturated carbocycles. The van der Waals surface area contributed by atoms with Crippen LogP contribution in [-0.2, 0) is 0 Å². The van der Waals surface area contributed by atoms with Gasteiger partial charge in [-0.25, -0.2) is 4.98 Å². The van der Waals surface area contributed by atoms with Crippen LogP contribution in [0.2, 0.25) is 0 Å². The molecular formula is C18H17NO4. The summed E-state index contributed by atoms with van der Waals surface area (Å²) in [5, 5.41) is 0. The molecule has 1 aromatic carbocycles. The van der Waals surface area contributed by atoms with Crippen molar-refractivity contribution in [3.8, 4) is 11.5 Å². The minimum absolute atomic E-state index is 0.221. The molecule has 0 fully saturated rings. The molecule has 23 heavy (non-hydrogen) atoms. The molecular weight excluding hydrogens is 294 g/mol. The van der Waals surface area contributed by atoms with Crippen molar-refractivity contribution in [2.24, 2.45) is 0 Å². The molecule has 0 radical (unpaired) electrons. The van der Waals surface area contributed by atoms with Crippen LogP contribution in [0.15, 0.2) is 47.1 Å². The minimum atomic E-state index is -0.221. The van der Waals surface area contributed by atoms with E-state index in [2.05, 4.69) is 17.1 Å². The molecule has 118 valence electrons. The molecule has 0 amide bonds. The van der Waals surface area contributed by atoms with E-state index in [0.717, 1.165) is 18.4 Å². The summed E-state index contributed by atoms with van der Waals surface area (Å²) in [5.41, 5.74) is 1.64. The van der Waals surface area contributed by atoms with E-state index < -0.39 is 0 Å². The number of carbonyl (C=O) groups is 1. The third kappa shape index (κ3) is 3.04. The highest BCUT2D eigenvalue weighted by Crippen LogP contribution is 2.29. The van der Waals surface area contributed by atoms with E-state index in [0.29, 0.717) is 23.0 Å². The quantitative estimate of drug-likeness (QED) is 0.789. The molecule has 5 heteroatoms. The van der Waals surface area contributed by atoms with Crippen LogP contribution in [0.4, 0.5) is 0 Å². The van der Waals surface area contributed by atoms with Crippen molar-refractivity contribution >= 4 is 11.4 Å². The van der Waals surface area contributed by atoms with Crippen molar-refractivity contribution in [1.29, 1.82) is 0 Å². The van der Waals surface area contributed by atoms with Crippen LogP contribution in [0.3, 0.4) is 0 Å². The topological polar surface area (TPSA) is 61.6 Å². The summed E-state index contributed by atoms with van der Waals surface area (Å²) in [7, 11) is 3.08. The molecule has 0 aliphatic heterocycles. The molecule has 2 aromatic rings. The van der Waals surface area contributed by atoms with Crippen molar-refractivity contribution in [3.05, 3.63) is 59.8 Å². The van der Waals surface area contributed by atoms with Gasteiger partial charge in [-0.15, -0.1) is 0 Å². The number of ketones is 1. The lowest BCUT2D eigenvalue weighted by Crippen LogP contribution is -2.03. The smallest absolute Gasteiger partial charge is 0.226 e. The van der Waals surface area contributed by atoms with Gasteiger partial charge < -0.3 is 13.9 Å². The molecule has 1 aliphatic carbocycles. The second-order valence-corrected chi connectivity index (χ2v) is 5.08. The Balaban J connectivity index is 1.87. The van der Waals surface area contributed by atoms with Gasteiger partial charge in [-0.2, -0.15) is 0 Å². The van der Waals surface area contributed by atoms with Gasteiger partial charge in [0.25, 0.3) is 0 Å². The highest BCUT2D eigenvalue weighted by atomic mass is 16.5. The number of hydrogen-bond donors (Lipinski definition) is 0. The van der Waals surface area contributed by atoms with E-state index in [1.54, 1.807) is 25.3 Å². The fraction of sp³-hybridized carbons (Fsp3) is 0.222. The summed E-state index contributed by atoms with van der Waals surface area (Å²) in [6.07, 6.45) is 9.43. The van der Waals surface area contributed by atoms with Gasteiger partial charge in [0, 0.05) is 11.1 Å². The zero-order valence-electron chi connectivity index (χ0n) is 13.0. The summed E-state index contributed by atoms with van der Waals surface area (Å²) >= 11 is 0. The molecule has 5 nitrogen and oxygen atoms in total.